The summed E-state index contributed by atoms with van der Waals surface area (Å²) in [5, 5.41) is 15.2. The first-order valence-electron chi connectivity index (χ1n) is 6.43. The van der Waals surface area contributed by atoms with Gasteiger partial charge < -0.3 is 4.74 Å². The van der Waals surface area contributed by atoms with Crippen LogP contribution < -0.4 is 0 Å². The standard InChI is InChI=1S/C14H12N4OS/c1-2-6-12-10(4-1)5-3-7-13(12)18-14(15-16-17-18)20-9-11-8-19-11/h1-7,11H,8-9H2. The summed E-state index contributed by atoms with van der Waals surface area (Å²) in [7, 11) is 0. The van der Waals surface area contributed by atoms with Gasteiger partial charge in [0.25, 0.3) is 0 Å². The van der Waals surface area contributed by atoms with Crippen molar-refractivity contribution in [3.05, 3.63) is 42.5 Å². The molecule has 1 aliphatic rings. The molecule has 100 valence electrons. The lowest BCUT2D eigenvalue weighted by Crippen LogP contribution is -2.01. The molecule has 20 heavy (non-hydrogen) atoms. The van der Waals surface area contributed by atoms with E-state index in [0.717, 1.165) is 28.6 Å². The van der Waals surface area contributed by atoms with Crippen molar-refractivity contribution < 1.29 is 4.74 Å². The molecule has 1 fully saturated rings. The molecule has 0 amide bonds. The Morgan fingerprint density at radius 2 is 2.05 bits per heavy atom. The molecular weight excluding hydrogens is 272 g/mol. The van der Waals surface area contributed by atoms with E-state index in [1.807, 2.05) is 24.3 Å². The Morgan fingerprint density at radius 3 is 2.95 bits per heavy atom. The van der Waals surface area contributed by atoms with Crippen LogP contribution in [0.25, 0.3) is 16.5 Å². The Hall–Kier alpha value is -1.92. The van der Waals surface area contributed by atoms with E-state index in [-0.39, 0.29) is 0 Å². The third-order valence-corrected chi connectivity index (χ3v) is 4.29. The molecular formula is C14H12N4OS. The van der Waals surface area contributed by atoms with Crippen LogP contribution in [0.1, 0.15) is 0 Å². The monoisotopic (exact) mass is 284 g/mol. The smallest absolute Gasteiger partial charge is 0.214 e. The van der Waals surface area contributed by atoms with Gasteiger partial charge in [0.2, 0.25) is 5.16 Å². The molecule has 1 aliphatic heterocycles. The van der Waals surface area contributed by atoms with Gasteiger partial charge in [-0.1, -0.05) is 48.2 Å². The van der Waals surface area contributed by atoms with Crippen molar-refractivity contribution in [1.29, 1.82) is 0 Å². The van der Waals surface area contributed by atoms with Crippen LogP contribution in [0.2, 0.25) is 0 Å². The number of fused-ring (bicyclic) bond motifs is 1. The van der Waals surface area contributed by atoms with E-state index >= 15 is 0 Å². The van der Waals surface area contributed by atoms with Crippen molar-refractivity contribution in [2.45, 2.75) is 11.3 Å². The molecule has 0 aliphatic carbocycles. The number of aromatic nitrogens is 4. The molecule has 1 aromatic heterocycles. The van der Waals surface area contributed by atoms with Gasteiger partial charge >= 0.3 is 0 Å². The fourth-order valence-electron chi connectivity index (χ4n) is 2.14. The maximum atomic E-state index is 5.22. The van der Waals surface area contributed by atoms with E-state index in [9.17, 15) is 0 Å². The summed E-state index contributed by atoms with van der Waals surface area (Å²) >= 11 is 1.63. The van der Waals surface area contributed by atoms with Gasteiger partial charge in [-0.15, -0.1) is 5.10 Å². The normalized spacial score (nSPS) is 17.5. The second kappa shape index (κ2) is 4.88. The van der Waals surface area contributed by atoms with Crippen molar-refractivity contribution in [2.75, 3.05) is 12.4 Å². The maximum Gasteiger partial charge on any atom is 0.214 e. The molecule has 5 nitrogen and oxygen atoms in total. The minimum absolute atomic E-state index is 0.359. The van der Waals surface area contributed by atoms with Crippen LogP contribution in [0.4, 0.5) is 0 Å². The third kappa shape index (κ3) is 2.17. The van der Waals surface area contributed by atoms with E-state index in [1.165, 1.54) is 5.39 Å². The van der Waals surface area contributed by atoms with Gasteiger partial charge in [-0.2, -0.15) is 4.68 Å². The van der Waals surface area contributed by atoms with E-state index in [1.54, 1.807) is 16.4 Å². The Morgan fingerprint density at radius 1 is 1.20 bits per heavy atom. The van der Waals surface area contributed by atoms with Gasteiger partial charge in [0, 0.05) is 11.1 Å². The summed E-state index contributed by atoms with van der Waals surface area (Å²) in [6.45, 7) is 0.850. The molecule has 4 rings (SSSR count). The Labute approximate surface area is 119 Å². The summed E-state index contributed by atoms with van der Waals surface area (Å²) in [6, 6.07) is 14.4. The molecule has 1 unspecified atom stereocenters. The molecule has 0 spiro atoms. The van der Waals surface area contributed by atoms with Crippen LogP contribution in [-0.4, -0.2) is 38.7 Å². The molecule has 0 N–H and O–H groups in total. The number of rotatable bonds is 4. The number of benzene rings is 2. The predicted molar refractivity (Wildman–Crippen MR) is 77.1 cm³/mol. The van der Waals surface area contributed by atoms with Crippen molar-refractivity contribution in [2.24, 2.45) is 0 Å². The van der Waals surface area contributed by atoms with E-state index < -0.39 is 0 Å². The quantitative estimate of drug-likeness (QED) is 0.543. The summed E-state index contributed by atoms with van der Waals surface area (Å²) in [5.74, 6) is 0.894. The third-order valence-electron chi connectivity index (χ3n) is 3.24. The topological polar surface area (TPSA) is 56.1 Å². The summed E-state index contributed by atoms with van der Waals surface area (Å²) in [6.07, 6.45) is 0.359. The van der Waals surface area contributed by atoms with Gasteiger partial charge in [0.15, 0.2) is 0 Å². The van der Waals surface area contributed by atoms with E-state index in [2.05, 4.69) is 33.7 Å². The predicted octanol–water partition coefficient (Wildman–Crippen LogP) is 2.31. The number of hydrogen-bond donors (Lipinski definition) is 0. The number of tetrazole rings is 1. The summed E-state index contributed by atoms with van der Waals surface area (Å²) in [4.78, 5) is 0. The second-order valence-electron chi connectivity index (χ2n) is 4.64. The zero-order chi connectivity index (χ0) is 13.4. The lowest BCUT2D eigenvalue weighted by Gasteiger charge is -2.07. The van der Waals surface area contributed by atoms with Gasteiger partial charge in [-0.25, -0.2) is 0 Å². The van der Waals surface area contributed by atoms with Crippen LogP contribution in [-0.2, 0) is 4.74 Å². The molecule has 2 aromatic carbocycles. The molecule has 2 heterocycles. The Bertz CT molecular complexity index is 748. The molecule has 0 bridgehead atoms. The van der Waals surface area contributed by atoms with Crippen LogP contribution in [0.5, 0.6) is 0 Å². The van der Waals surface area contributed by atoms with Crippen molar-refractivity contribution in [1.82, 2.24) is 20.2 Å². The highest BCUT2D eigenvalue weighted by Crippen LogP contribution is 2.27. The van der Waals surface area contributed by atoms with Gasteiger partial charge in [-0.05, 0) is 21.9 Å². The first-order chi connectivity index (χ1) is 9.92. The van der Waals surface area contributed by atoms with Crippen molar-refractivity contribution in [3.8, 4) is 5.69 Å². The molecule has 3 aromatic rings. The number of nitrogens with zero attached hydrogens (tertiary/aromatic N) is 4. The minimum atomic E-state index is 0.359. The molecule has 0 radical (unpaired) electrons. The summed E-state index contributed by atoms with van der Waals surface area (Å²) in [5.41, 5.74) is 1.01. The second-order valence-corrected chi connectivity index (χ2v) is 5.63. The Balaban J connectivity index is 1.76. The molecule has 1 saturated heterocycles. The SMILES string of the molecule is c1ccc2c(-n3nnnc3SCC3CO3)cccc2c1. The first kappa shape index (κ1) is 11.9. The fourth-order valence-corrected chi connectivity index (χ4v) is 3.02. The van der Waals surface area contributed by atoms with Crippen molar-refractivity contribution >= 4 is 22.5 Å². The van der Waals surface area contributed by atoms with Gasteiger partial charge in [-0.3, -0.25) is 0 Å². The Kier molecular flexibility index (Phi) is 2.90. The zero-order valence-corrected chi connectivity index (χ0v) is 11.5. The molecule has 1 atom stereocenters. The highest BCUT2D eigenvalue weighted by Gasteiger charge is 2.24. The highest BCUT2D eigenvalue weighted by atomic mass is 32.2. The van der Waals surface area contributed by atoms with Crippen LogP contribution in [0.15, 0.2) is 47.6 Å². The van der Waals surface area contributed by atoms with Crippen LogP contribution in [0.3, 0.4) is 0 Å². The lowest BCUT2D eigenvalue weighted by molar-refractivity contribution is 0.426. The maximum absolute atomic E-state index is 5.22. The average molecular weight is 284 g/mol. The number of epoxide rings is 1. The van der Waals surface area contributed by atoms with Gasteiger partial charge in [0.1, 0.15) is 0 Å². The van der Waals surface area contributed by atoms with Crippen molar-refractivity contribution in [3.63, 3.8) is 0 Å². The number of thioether (sulfide) groups is 1. The summed E-state index contributed by atoms with van der Waals surface area (Å²) < 4.78 is 7.02. The number of hydrogen-bond acceptors (Lipinski definition) is 5. The number of ether oxygens (including phenoxy) is 1. The molecule has 0 saturated carbocycles. The average Bonchev–Trinajstić information content (AvgIpc) is 3.21. The van der Waals surface area contributed by atoms with Crippen LogP contribution >= 0.6 is 11.8 Å². The van der Waals surface area contributed by atoms with Gasteiger partial charge in [0.05, 0.1) is 18.4 Å². The lowest BCUT2D eigenvalue weighted by atomic mass is 10.1. The largest absolute Gasteiger partial charge is 0.372 e. The fraction of sp³-hybridized carbons (Fsp3) is 0.214. The minimum Gasteiger partial charge on any atom is -0.372 e. The van der Waals surface area contributed by atoms with Crippen LogP contribution in [0, 0.1) is 0 Å². The van der Waals surface area contributed by atoms with E-state index in [4.69, 9.17) is 4.74 Å². The highest BCUT2D eigenvalue weighted by molar-refractivity contribution is 7.99. The first-order valence-corrected chi connectivity index (χ1v) is 7.41. The zero-order valence-electron chi connectivity index (χ0n) is 10.6. The van der Waals surface area contributed by atoms with E-state index in [0.29, 0.717) is 6.10 Å². The molecule has 6 heteroatoms.